The van der Waals surface area contributed by atoms with Crippen LogP contribution >= 0.6 is 0 Å². The third-order valence-corrected chi connectivity index (χ3v) is 2.99. The first-order valence-corrected chi connectivity index (χ1v) is 3.93. The van der Waals surface area contributed by atoms with Gasteiger partial charge in [-0.3, -0.25) is 0 Å². The predicted molar refractivity (Wildman–Crippen MR) is 36.2 cm³/mol. The zero-order valence-electron chi connectivity index (χ0n) is 6.18. The maximum atomic E-state index is 5.54. The molecule has 52 valence electrons. The van der Waals surface area contributed by atoms with Crippen molar-refractivity contribution in [1.82, 2.24) is 0 Å². The van der Waals surface area contributed by atoms with Crippen LogP contribution in [0.5, 0.6) is 0 Å². The molecule has 0 aromatic heterocycles. The summed E-state index contributed by atoms with van der Waals surface area (Å²) in [5.74, 6) is 0.873. The molecule has 2 atom stereocenters. The second-order valence-corrected chi connectivity index (χ2v) is 3.40. The molecule has 0 amide bonds. The molecule has 2 rings (SSSR count). The van der Waals surface area contributed by atoms with Crippen LogP contribution in [0.3, 0.4) is 0 Å². The molecule has 9 heavy (non-hydrogen) atoms. The van der Waals surface area contributed by atoms with E-state index in [2.05, 4.69) is 13.8 Å². The zero-order valence-corrected chi connectivity index (χ0v) is 6.18. The Morgan fingerprint density at radius 3 is 2.56 bits per heavy atom. The Bertz CT molecular complexity index is 127. The van der Waals surface area contributed by atoms with E-state index in [0.29, 0.717) is 11.5 Å². The minimum atomic E-state index is 0.641. The van der Waals surface area contributed by atoms with Gasteiger partial charge in [0.15, 0.2) is 0 Å². The van der Waals surface area contributed by atoms with E-state index in [1.54, 1.807) is 0 Å². The van der Waals surface area contributed by atoms with Crippen LogP contribution in [0.1, 0.15) is 26.7 Å². The van der Waals surface area contributed by atoms with Crippen LogP contribution in [-0.2, 0) is 4.74 Å². The molecular formula is C8H14O. The fraction of sp³-hybridized carbons (Fsp3) is 1.00. The Hall–Kier alpha value is -0.0400. The highest BCUT2D eigenvalue weighted by Gasteiger charge is 2.70. The predicted octanol–water partition coefficient (Wildman–Crippen LogP) is 1.82. The third kappa shape index (κ3) is 0.586. The molecule has 1 heteroatoms. The maximum absolute atomic E-state index is 5.54. The second-order valence-electron chi connectivity index (χ2n) is 3.40. The number of hydrogen-bond donors (Lipinski definition) is 0. The van der Waals surface area contributed by atoms with Crippen molar-refractivity contribution in [1.29, 1.82) is 0 Å². The van der Waals surface area contributed by atoms with Gasteiger partial charge in [-0.2, -0.15) is 0 Å². The van der Waals surface area contributed by atoms with Gasteiger partial charge in [-0.1, -0.05) is 6.92 Å². The van der Waals surface area contributed by atoms with Gasteiger partial charge >= 0.3 is 0 Å². The standard InChI is InChI=1S/C8H14O/c1-3-9-7-6(2)8(7)4-5-8/h6-7H,3-5H2,1-2H3/t6-,7+/m0/s1. The first-order chi connectivity index (χ1) is 4.31. The molecule has 2 aliphatic rings. The fourth-order valence-corrected chi connectivity index (χ4v) is 2.03. The van der Waals surface area contributed by atoms with Crippen molar-refractivity contribution >= 4 is 0 Å². The lowest BCUT2D eigenvalue weighted by molar-refractivity contribution is 0.112. The molecular weight excluding hydrogens is 112 g/mol. The van der Waals surface area contributed by atoms with Crippen molar-refractivity contribution in [3.8, 4) is 0 Å². The lowest BCUT2D eigenvalue weighted by Crippen LogP contribution is -1.95. The van der Waals surface area contributed by atoms with Gasteiger partial charge < -0.3 is 4.74 Å². The van der Waals surface area contributed by atoms with Crippen LogP contribution in [0.4, 0.5) is 0 Å². The summed E-state index contributed by atoms with van der Waals surface area (Å²) in [6.45, 7) is 5.30. The fourth-order valence-electron chi connectivity index (χ4n) is 2.03. The van der Waals surface area contributed by atoms with Crippen LogP contribution in [0.2, 0.25) is 0 Å². The Labute approximate surface area is 56.4 Å². The minimum Gasteiger partial charge on any atom is -0.378 e. The van der Waals surface area contributed by atoms with E-state index in [9.17, 15) is 0 Å². The maximum Gasteiger partial charge on any atom is 0.0666 e. The largest absolute Gasteiger partial charge is 0.378 e. The molecule has 0 aliphatic heterocycles. The summed E-state index contributed by atoms with van der Waals surface area (Å²) >= 11 is 0. The third-order valence-electron chi connectivity index (χ3n) is 2.99. The molecule has 0 unspecified atom stereocenters. The summed E-state index contributed by atoms with van der Waals surface area (Å²) in [5.41, 5.74) is 0.704. The van der Waals surface area contributed by atoms with Crippen molar-refractivity contribution in [2.75, 3.05) is 6.61 Å². The summed E-state index contributed by atoms with van der Waals surface area (Å²) in [6.07, 6.45) is 3.50. The van der Waals surface area contributed by atoms with Crippen molar-refractivity contribution in [3.63, 3.8) is 0 Å². The molecule has 0 aromatic carbocycles. The summed E-state index contributed by atoms with van der Waals surface area (Å²) < 4.78 is 5.54. The summed E-state index contributed by atoms with van der Waals surface area (Å²) in [4.78, 5) is 0. The van der Waals surface area contributed by atoms with Crippen LogP contribution in [0.15, 0.2) is 0 Å². The summed E-state index contributed by atoms with van der Waals surface area (Å²) in [5, 5.41) is 0. The van der Waals surface area contributed by atoms with E-state index in [4.69, 9.17) is 4.74 Å². The van der Waals surface area contributed by atoms with Crippen LogP contribution in [-0.4, -0.2) is 12.7 Å². The zero-order chi connectivity index (χ0) is 6.48. The highest BCUT2D eigenvalue weighted by Crippen LogP contribution is 2.71. The van der Waals surface area contributed by atoms with Gasteiger partial charge in [0, 0.05) is 12.0 Å². The van der Waals surface area contributed by atoms with Gasteiger partial charge in [0.05, 0.1) is 6.10 Å². The van der Waals surface area contributed by atoms with Gasteiger partial charge in [-0.15, -0.1) is 0 Å². The number of ether oxygens (including phenoxy) is 1. The van der Waals surface area contributed by atoms with Gasteiger partial charge in [0.25, 0.3) is 0 Å². The van der Waals surface area contributed by atoms with Crippen molar-refractivity contribution in [2.45, 2.75) is 32.8 Å². The molecule has 0 radical (unpaired) electrons. The molecule has 1 nitrogen and oxygen atoms in total. The summed E-state index contributed by atoms with van der Waals surface area (Å²) in [6, 6.07) is 0. The molecule has 2 aliphatic carbocycles. The highest BCUT2D eigenvalue weighted by molar-refractivity contribution is 5.19. The van der Waals surface area contributed by atoms with Crippen LogP contribution in [0, 0.1) is 11.3 Å². The van der Waals surface area contributed by atoms with Gasteiger partial charge in [0.1, 0.15) is 0 Å². The van der Waals surface area contributed by atoms with E-state index in [0.717, 1.165) is 12.5 Å². The first kappa shape index (κ1) is 5.72. The van der Waals surface area contributed by atoms with E-state index < -0.39 is 0 Å². The average molecular weight is 126 g/mol. The van der Waals surface area contributed by atoms with Gasteiger partial charge in [-0.05, 0) is 25.7 Å². The highest BCUT2D eigenvalue weighted by atomic mass is 16.5. The quantitative estimate of drug-likeness (QED) is 0.548. The molecule has 1 spiro atoms. The first-order valence-electron chi connectivity index (χ1n) is 3.93. The Balaban J connectivity index is 1.90. The topological polar surface area (TPSA) is 9.23 Å². The lowest BCUT2D eigenvalue weighted by atomic mass is 10.3. The second kappa shape index (κ2) is 1.51. The number of rotatable bonds is 2. The van der Waals surface area contributed by atoms with E-state index >= 15 is 0 Å². The van der Waals surface area contributed by atoms with E-state index in [1.807, 2.05) is 0 Å². The van der Waals surface area contributed by atoms with Gasteiger partial charge in [-0.25, -0.2) is 0 Å². The monoisotopic (exact) mass is 126 g/mol. The van der Waals surface area contributed by atoms with Crippen molar-refractivity contribution < 1.29 is 4.74 Å². The molecule has 2 saturated carbocycles. The lowest BCUT2D eigenvalue weighted by Gasteiger charge is -1.94. The molecule has 2 fully saturated rings. The molecule has 0 aromatic rings. The Kier molecular flexibility index (Phi) is 0.963. The van der Waals surface area contributed by atoms with E-state index in [1.165, 1.54) is 12.8 Å². The van der Waals surface area contributed by atoms with Crippen LogP contribution < -0.4 is 0 Å². The normalized spacial score (nSPS) is 43.3. The molecule has 0 bridgehead atoms. The smallest absolute Gasteiger partial charge is 0.0666 e. The Morgan fingerprint density at radius 2 is 2.22 bits per heavy atom. The molecule has 0 saturated heterocycles. The molecule has 0 heterocycles. The molecule has 0 N–H and O–H groups in total. The van der Waals surface area contributed by atoms with Gasteiger partial charge in [0.2, 0.25) is 0 Å². The SMILES string of the molecule is CCO[C@@H]1[C@H](C)C12CC2. The average Bonchev–Trinajstić information content (AvgIpc) is 2.68. The van der Waals surface area contributed by atoms with E-state index in [-0.39, 0.29) is 0 Å². The minimum absolute atomic E-state index is 0.641. The van der Waals surface area contributed by atoms with Crippen LogP contribution in [0.25, 0.3) is 0 Å². The number of hydrogen-bond acceptors (Lipinski definition) is 1. The summed E-state index contributed by atoms with van der Waals surface area (Å²) in [7, 11) is 0. The van der Waals surface area contributed by atoms with Crippen molar-refractivity contribution in [3.05, 3.63) is 0 Å². The Morgan fingerprint density at radius 1 is 1.56 bits per heavy atom. The van der Waals surface area contributed by atoms with Crippen molar-refractivity contribution in [2.24, 2.45) is 11.3 Å².